The van der Waals surface area contributed by atoms with E-state index in [0.29, 0.717) is 35.4 Å². The first-order valence-corrected chi connectivity index (χ1v) is 13.4. The Morgan fingerprint density at radius 3 is 2.42 bits per heavy atom. The van der Waals surface area contributed by atoms with Gasteiger partial charge in [-0.1, -0.05) is 13.8 Å². The molecule has 13 heteroatoms. The third kappa shape index (κ3) is 7.41. The van der Waals surface area contributed by atoms with Gasteiger partial charge in [0.05, 0.1) is 12.2 Å². The van der Waals surface area contributed by atoms with Crippen LogP contribution in [0.2, 0.25) is 0 Å². The Labute approximate surface area is 235 Å². The van der Waals surface area contributed by atoms with Crippen molar-refractivity contribution in [2.75, 3.05) is 60.6 Å². The highest BCUT2D eigenvalue weighted by molar-refractivity contribution is 5.66. The van der Waals surface area contributed by atoms with E-state index >= 15 is 0 Å². The summed E-state index contributed by atoms with van der Waals surface area (Å²) < 4.78 is 0. The van der Waals surface area contributed by atoms with Crippen molar-refractivity contribution >= 4 is 35.8 Å². The second-order valence-electron chi connectivity index (χ2n) is 11.0. The number of likely N-dealkylation sites (N-methyl/N-ethyl adjacent to an activating group) is 1. The van der Waals surface area contributed by atoms with E-state index < -0.39 is 0 Å². The first-order valence-electron chi connectivity index (χ1n) is 13.4. The summed E-state index contributed by atoms with van der Waals surface area (Å²) in [5.41, 5.74) is 6.36. The molecule has 5 heterocycles. The first-order chi connectivity index (χ1) is 19.3. The van der Waals surface area contributed by atoms with E-state index in [2.05, 4.69) is 69.0 Å². The van der Waals surface area contributed by atoms with Crippen LogP contribution in [0.5, 0.6) is 0 Å². The van der Waals surface area contributed by atoms with Gasteiger partial charge in [-0.25, -0.2) is 4.98 Å². The molecule has 0 radical (unpaired) electrons. The third-order valence-corrected chi connectivity index (χ3v) is 7.01. The van der Waals surface area contributed by atoms with E-state index in [4.69, 9.17) is 20.7 Å². The highest BCUT2D eigenvalue weighted by Gasteiger charge is 2.39. The maximum atomic E-state index is 11.8. The number of aromatic nitrogens is 7. The van der Waals surface area contributed by atoms with Gasteiger partial charge in [-0.3, -0.25) is 10.1 Å². The van der Waals surface area contributed by atoms with E-state index in [9.17, 15) is 4.79 Å². The highest BCUT2D eigenvalue weighted by Crippen LogP contribution is 2.40. The molecule has 4 N–H and O–H groups in total. The van der Waals surface area contributed by atoms with E-state index in [1.165, 1.54) is 19.0 Å². The molecule has 3 fully saturated rings. The van der Waals surface area contributed by atoms with Gasteiger partial charge in [0.1, 0.15) is 12.1 Å². The fourth-order valence-electron chi connectivity index (χ4n) is 4.78. The first kappa shape index (κ1) is 28.7. The lowest BCUT2D eigenvalue weighted by Gasteiger charge is -2.33. The standard InChI is InChI=1S/C21H31N9O.C4H5N3.C2H2/c1-21(2)11-15(12-31)30(13-21)20-24-18(22-17-10-16(26-27-17)14-4-5-14)23-19(25-20)29-8-6-28(3)7-9-29;5-4-3-6-1-2-7-4;1-2/h10,12,14-15H,4-9,11,13H2,1-3H3,(H2,22,23,24,25,26,27);1-3H,(H2,5,7);1-2H. The molecule has 13 nitrogen and oxygen atoms in total. The van der Waals surface area contributed by atoms with Crippen molar-refractivity contribution in [3.63, 3.8) is 0 Å². The van der Waals surface area contributed by atoms with Crippen LogP contribution in [0.4, 0.5) is 29.5 Å². The Hall–Kier alpha value is -4.31. The van der Waals surface area contributed by atoms with Crippen molar-refractivity contribution in [2.24, 2.45) is 5.41 Å². The zero-order valence-electron chi connectivity index (χ0n) is 23.4. The normalized spacial score (nSPS) is 20.1. The number of nitrogen functional groups attached to an aromatic ring is 1. The molecule has 1 saturated carbocycles. The minimum atomic E-state index is -0.225. The van der Waals surface area contributed by atoms with E-state index in [-0.39, 0.29) is 11.5 Å². The van der Waals surface area contributed by atoms with Gasteiger partial charge in [-0.2, -0.15) is 20.1 Å². The minimum absolute atomic E-state index is 0.0289. The second-order valence-corrected chi connectivity index (χ2v) is 11.0. The Bertz CT molecular complexity index is 1260. The number of hydrogen-bond acceptors (Lipinski definition) is 12. The van der Waals surface area contributed by atoms with Crippen molar-refractivity contribution < 1.29 is 4.79 Å². The summed E-state index contributed by atoms with van der Waals surface area (Å²) >= 11 is 0. The van der Waals surface area contributed by atoms with E-state index in [1.54, 1.807) is 12.4 Å². The average Bonchev–Trinajstić information content (AvgIpc) is 3.62. The predicted octanol–water partition coefficient (Wildman–Crippen LogP) is 2.08. The molecule has 3 aromatic heterocycles. The topological polar surface area (TPSA) is 158 Å². The van der Waals surface area contributed by atoms with E-state index in [0.717, 1.165) is 51.1 Å². The summed E-state index contributed by atoms with van der Waals surface area (Å²) in [6.07, 6.45) is 16.9. The van der Waals surface area contributed by atoms with E-state index in [1.807, 2.05) is 11.0 Å². The molecular weight excluding hydrogens is 508 g/mol. The van der Waals surface area contributed by atoms with Gasteiger partial charge in [0.25, 0.3) is 0 Å². The number of anilines is 5. The molecule has 1 unspecified atom stereocenters. The number of rotatable bonds is 6. The average molecular weight is 547 g/mol. The summed E-state index contributed by atoms with van der Waals surface area (Å²) in [7, 11) is 2.12. The number of hydrogen-bond donors (Lipinski definition) is 3. The van der Waals surface area contributed by atoms with Crippen LogP contribution in [0.15, 0.2) is 24.7 Å². The zero-order valence-corrected chi connectivity index (χ0v) is 23.4. The van der Waals surface area contributed by atoms with Crippen LogP contribution in [0, 0.1) is 18.3 Å². The second kappa shape index (κ2) is 12.7. The molecule has 6 rings (SSSR count). The fraction of sp³-hybridized carbons (Fsp3) is 0.519. The lowest BCUT2D eigenvalue weighted by molar-refractivity contribution is -0.108. The number of carbonyl (C=O) groups is 1. The molecule has 0 spiro atoms. The summed E-state index contributed by atoms with van der Waals surface area (Å²) in [4.78, 5) is 39.9. The van der Waals surface area contributed by atoms with Crippen LogP contribution in [-0.2, 0) is 4.79 Å². The van der Waals surface area contributed by atoms with Crippen molar-refractivity contribution in [1.82, 2.24) is 40.0 Å². The van der Waals surface area contributed by atoms with Crippen molar-refractivity contribution in [2.45, 2.75) is 45.1 Å². The molecule has 1 aliphatic carbocycles. The molecule has 0 bridgehead atoms. The summed E-state index contributed by atoms with van der Waals surface area (Å²) in [5, 5.41) is 10.7. The number of nitrogens with two attached hydrogens (primary N) is 1. The Kier molecular flexibility index (Phi) is 9.11. The van der Waals surface area contributed by atoms with Crippen molar-refractivity contribution in [3.05, 3.63) is 30.4 Å². The largest absolute Gasteiger partial charge is 0.382 e. The van der Waals surface area contributed by atoms with Crippen LogP contribution in [0.3, 0.4) is 0 Å². The maximum Gasteiger partial charge on any atom is 0.235 e. The monoisotopic (exact) mass is 546 g/mol. The predicted molar refractivity (Wildman–Crippen MR) is 155 cm³/mol. The Morgan fingerprint density at radius 2 is 1.82 bits per heavy atom. The Balaban J connectivity index is 0.000000355. The highest BCUT2D eigenvalue weighted by atomic mass is 16.1. The molecular formula is C27H38N12O. The molecule has 3 aliphatic rings. The van der Waals surface area contributed by atoms with Crippen LogP contribution >= 0.6 is 0 Å². The van der Waals surface area contributed by atoms with Gasteiger partial charge in [0, 0.05) is 62.8 Å². The van der Waals surface area contributed by atoms with Gasteiger partial charge >= 0.3 is 0 Å². The SMILES string of the molecule is C#C.CN1CCN(c2nc(Nc3cc(C4CC4)[nH]n3)nc(N3CC(C)(C)CC3C=O)n2)CC1.Nc1cnccn1. The van der Waals surface area contributed by atoms with Crippen LogP contribution in [0.25, 0.3) is 0 Å². The number of aromatic amines is 1. The number of terminal acetylenes is 1. The van der Waals surface area contributed by atoms with Crippen LogP contribution in [-0.4, -0.2) is 92.1 Å². The van der Waals surface area contributed by atoms with Crippen LogP contribution in [0.1, 0.15) is 44.7 Å². The van der Waals surface area contributed by atoms with Gasteiger partial charge < -0.3 is 30.5 Å². The maximum absolute atomic E-state index is 11.8. The molecule has 3 aromatic rings. The molecule has 40 heavy (non-hydrogen) atoms. The molecule has 0 aromatic carbocycles. The van der Waals surface area contributed by atoms with Gasteiger partial charge in [-0.15, -0.1) is 12.8 Å². The molecule has 2 saturated heterocycles. The lowest BCUT2D eigenvalue weighted by Crippen LogP contribution is -2.45. The smallest absolute Gasteiger partial charge is 0.235 e. The van der Waals surface area contributed by atoms with Crippen LogP contribution < -0.4 is 20.9 Å². The summed E-state index contributed by atoms with van der Waals surface area (Å²) in [5.74, 6) is 3.42. The quantitative estimate of drug-likeness (QED) is 0.306. The van der Waals surface area contributed by atoms with Gasteiger partial charge in [0.15, 0.2) is 5.82 Å². The van der Waals surface area contributed by atoms with Gasteiger partial charge in [0.2, 0.25) is 17.8 Å². The summed E-state index contributed by atoms with van der Waals surface area (Å²) in [6.45, 7) is 8.72. The van der Waals surface area contributed by atoms with Crippen molar-refractivity contribution in [3.8, 4) is 12.8 Å². The summed E-state index contributed by atoms with van der Waals surface area (Å²) in [6, 6.07) is 1.81. The third-order valence-electron chi connectivity index (χ3n) is 7.01. The zero-order chi connectivity index (χ0) is 28.7. The number of nitrogens with one attached hydrogen (secondary N) is 2. The number of H-pyrrole nitrogens is 1. The molecule has 0 amide bonds. The number of piperazine rings is 1. The lowest BCUT2D eigenvalue weighted by atomic mass is 9.91. The number of aldehydes is 1. The fourth-order valence-corrected chi connectivity index (χ4v) is 4.78. The Morgan fingerprint density at radius 1 is 1.10 bits per heavy atom. The number of carbonyl (C=O) groups excluding carboxylic acids is 1. The molecule has 2 aliphatic heterocycles. The van der Waals surface area contributed by atoms with Crippen molar-refractivity contribution in [1.29, 1.82) is 0 Å². The molecule has 212 valence electrons. The minimum Gasteiger partial charge on any atom is -0.382 e. The molecule has 1 atom stereocenters. The van der Waals surface area contributed by atoms with Gasteiger partial charge in [-0.05, 0) is 31.7 Å². The number of nitrogens with zero attached hydrogens (tertiary/aromatic N) is 9.